The number of hydrogen-bond donors (Lipinski definition) is 2. The number of carbonyl (C=O) groups is 1. The van der Waals surface area contributed by atoms with Crippen molar-refractivity contribution >= 4 is 11.6 Å². The smallest absolute Gasteiger partial charge is 0.237 e. The first-order valence-electron chi connectivity index (χ1n) is 6.15. The van der Waals surface area contributed by atoms with Gasteiger partial charge in [-0.05, 0) is 6.07 Å². The van der Waals surface area contributed by atoms with Crippen LogP contribution in [0.1, 0.15) is 5.56 Å². The van der Waals surface area contributed by atoms with Crippen LogP contribution >= 0.6 is 0 Å². The molecule has 0 spiro atoms. The average Bonchev–Trinajstić information content (AvgIpc) is 2.41. The molecule has 0 saturated carbocycles. The van der Waals surface area contributed by atoms with Gasteiger partial charge in [-0.2, -0.15) is 0 Å². The molecule has 6 heteroatoms. The van der Waals surface area contributed by atoms with Crippen LogP contribution in [0.5, 0.6) is 5.75 Å². The summed E-state index contributed by atoms with van der Waals surface area (Å²) in [5, 5.41) is 0. The lowest BCUT2D eigenvalue weighted by Crippen LogP contribution is -2.51. The van der Waals surface area contributed by atoms with E-state index in [2.05, 4.69) is 0 Å². The number of ether oxygens (including phenoxy) is 2. The van der Waals surface area contributed by atoms with Gasteiger partial charge < -0.3 is 20.9 Å². The van der Waals surface area contributed by atoms with Crippen molar-refractivity contribution in [1.82, 2.24) is 4.90 Å². The number of morpholine rings is 1. The summed E-state index contributed by atoms with van der Waals surface area (Å²) < 4.78 is 10.6. The Hall–Kier alpha value is -1.79. The molecule has 1 aliphatic rings. The van der Waals surface area contributed by atoms with Crippen molar-refractivity contribution in [3.8, 4) is 5.75 Å². The summed E-state index contributed by atoms with van der Waals surface area (Å²) in [6.45, 7) is 2.19. The average molecular weight is 265 g/mol. The molecule has 1 unspecified atom stereocenters. The third-order valence-electron chi connectivity index (χ3n) is 3.25. The standard InChI is InChI=1S/C13H19N3O3/c1-18-12-6-10(14)3-2-9(12)7-16-4-5-19-8-11(16)13(15)17/h2-3,6,11H,4-5,7-8,14H2,1H3,(H2,15,17). The first kappa shape index (κ1) is 13.6. The molecule has 1 amide bonds. The van der Waals surface area contributed by atoms with Crippen molar-refractivity contribution in [2.24, 2.45) is 5.73 Å². The van der Waals surface area contributed by atoms with Crippen LogP contribution < -0.4 is 16.2 Å². The zero-order valence-corrected chi connectivity index (χ0v) is 11.0. The Morgan fingerprint density at radius 3 is 3.05 bits per heavy atom. The molecule has 1 aromatic carbocycles. The van der Waals surface area contributed by atoms with E-state index >= 15 is 0 Å². The Morgan fingerprint density at radius 1 is 1.58 bits per heavy atom. The lowest BCUT2D eigenvalue weighted by Gasteiger charge is -2.33. The topological polar surface area (TPSA) is 90.8 Å². The number of nitrogen functional groups attached to an aromatic ring is 1. The van der Waals surface area contributed by atoms with Gasteiger partial charge in [-0.15, -0.1) is 0 Å². The molecule has 104 valence electrons. The second-order valence-corrected chi connectivity index (χ2v) is 4.53. The van der Waals surface area contributed by atoms with Crippen LogP contribution in [0.15, 0.2) is 18.2 Å². The molecule has 1 saturated heterocycles. The monoisotopic (exact) mass is 265 g/mol. The van der Waals surface area contributed by atoms with Crippen LogP contribution in [0.25, 0.3) is 0 Å². The Balaban J connectivity index is 2.17. The number of carbonyl (C=O) groups excluding carboxylic acids is 1. The number of nitrogens with two attached hydrogens (primary N) is 2. The van der Waals surface area contributed by atoms with Gasteiger partial charge in [-0.1, -0.05) is 6.07 Å². The highest BCUT2D eigenvalue weighted by Crippen LogP contribution is 2.24. The molecule has 2 rings (SSSR count). The van der Waals surface area contributed by atoms with E-state index in [4.69, 9.17) is 20.9 Å². The fourth-order valence-electron chi connectivity index (χ4n) is 2.20. The first-order chi connectivity index (χ1) is 9.11. The molecule has 1 atom stereocenters. The normalized spacial score (nSPS) is 20.2. The number of amides is 1. The predicted molar refractivity (Wildman–Crippen MR) is 71.6 cm³/mol. The summed E-state index contributed by atoms with van der Waals surface area (Å²) in [5.41, 5.74) is 12.7. The summed E-state index contributed by atoms with van der Waals surface area (Å²) >= 11 is 0. The quantitative estimate of drug-likeness (QED) is 0.746. The van der Waals surface area contributed by atoms with Gasteiger partial charge in [0.15, 0.2) is 0 Å². The first-order valence-corrected chi connectivity index (χ1v) is 6.15. The molecule has 0 aliphatic carbocycles. The van der Waals surface area contributed by atoms with Crippen molar-refractivity contribution in [3.05, 3.63) is 23.8 Å². The van der Waals surface area contributed by atoms with Crippen molar-refractivity contribution in [1.29, 1.82) is 0 Å². The van der Waals surface area contributed by atoms with Crippen LogP contribution in [-0.2, 0) is 16.1 Å². The Bertz CT molecular complexity index is 464. The number of rotatable bonds is 4. The molecule has 6 nitrogen and oxygen atoms in total. The van der Waals surface area contributed by atoms with Gasteiger partial charge in [0.25, 0.3) is 0 Å². The number of anilines is 1. The maximum Gasteiger partial charge on any atom is 0.237 e. The van der Waals surface area contributed by atoms with Crippen LogP contribution in [0.2, 0.25) is 0 Å². The van der Waals surface area contributed by atoms with E-state index in [1.54, 1.807) is 13.2 Å². The lowest BCUT2D eigenvalue weighted by molar-refractivity contribution is -0.129. The Labute approximate surface area is 112 Å². The number of benzene rings is 1. The predicted octanol–water partition coefficient (Wildman–Crippen LogP) is -0.0365. The van der Waals surface area contributed by atoms with E-state index in [0.717, 1.165) is 11.3 Å². The fraction of sp³-hybridized carbons (Fsp3) is 0.462. The van der Waals surface area contributed by atoms with Gasteiger partial charge in [0.05, 0.1) is 20.3 Å². The molecule has 0 radical (unpaired) electrons. The van der Waals surface area contributed by atoms with E-state index in [1.807, 2.05) is 17.0 Å². The van der Waals surface area contributed by atoms with Crippen molar-refractivity contribution < 1.29 is 14.3 Å². The summed E-state index contributed by atoms with van der Waals surface area (Å²) in [4.78, 5) is 13.4. The highest BCUT2D eigenvalue weighted by atomic mass is 16.5. The zero-order valence-electron chi connectivity index (χ0n) is 11.0. The molecular weight excluding hydrogens is 246 g/mol. The van der Waals surface area contributed by atoms with Gasteiger partial charge in [0.1, 0.15) is 11.8 Å². The van der Waals surface area contributed by atoms with E-state index in [-0.39, 0.29) is 5.91 Å². The van der Waals surface area contributed by atoms with Crippen LogP contribution in [0.4, 0.5) is 5.69 Å². The second-order valence-electron chi connectivity index (χ2n) is 4.53. The number of methoxy groups -OCH3 is 1. The maximum atomic E-state index is 11.4. The minimum atomic E-state index is -0.393. The summed E-state index contributed by atoms with van der Waals surface area (Å²) in [6, 6.07) is 5.10. The third kappa shape index (κ3) is 3.15. The summed E-state index contributed by atoms with van der Waals surface area (Å²) in [5.74, 6) is 0.351. The molecular formula is C13H19N3O3. The SMILES string of the molecule is COc1cc(N)ccc1CN1CCOCC1C(N)=O. The summed E-state index contributed by atoms with van der Waals surface area (Å²) in [7, 11) is 1.60. The number of hydrogen-bond acceptors (Lipinski definition) is 5. The summed E-state index contributed by atoms with van der Waals surface area (Å²) in [6.07, 6.45) is 0. The molecule has 1 aromatic rings. The van der Waals surface area contributed by atoms with Crippen LogP contribution in [-0.4, -0.2) is 43.7 Å². The molecule has 19 heavy (non-hydrogen) atoms. The van der Waals surface area contributed by atoms with Crippen molar-refractivity contribution in [3.63, 3.8) is 0 Å². The zero-order chi connectivity index (χ0) is 13.8. The lowest BCUT2D eigenvalue weighted by atomic mass is 10.1. The van der Waals surface area contributed by atoms with Crippen LogP contribution in [0.3, 0.4) is 0 Å². The molecule has 1 heterocycles. The van der Waals surface area contributed by atoms with Crippen molar-refractivity contribution in [2.45, 2.75) is 12.6 Å². The van der Waals surface area contributed by atoms with Crippen LogP contribution in [0, 0.1) is 0 Å². The molecule has 1 aliphatic heterocycles. The van der Waals surface area contributed by atoms with Gasteiger partial charge in [-0.3, -0.25) is 9.69 Å². The maximum absolute atomic E-state index is 11.4. The van der Waals surface area contributed by atoms with Gasteiger partial charge in [0, 0.05) is 30.4 Å². The van der Waals surface area contributed by atoms with E-state index in [1.165, 1.54) is 0 Å². The number of nitrogens with zero attached hydrogens (tertiary/aromatic N) is 1. The Morgan fingerprint density at radius 2 is 2.37 bits per heavy atom. The molecule has 4 N–H and O–H groups in total. The van der Waals surface area contributed by atoms with Gasteiger partial charge >= 0.3 is 0 Å². The highest BCUT2D eigenvalue weighted by molar-refractivity contribution is 5.80. The second kappa shape index (κ2) is 5.90. The molecule has 1 fully saturated rings. The molecule has 0 bridgehead atoms. The van der Waals surface area contributed by atoms with Gasteiger partial charge in [0.2, 0.25) is 5.91 Å². The minimum Gasteiger partial charge on any atom is -0.496 e. The van der Waals surface area contributed by atoms with E-state index in [9.17, 15) is 4.79 Å². The third-order valence-corrected chi connectivity index (χ3v) is 3.25. The van der Waals surface area contributed by atoms with E-state index in [0.29, 0.717) is 32.0 Å². The fourth-order valence-corrected chi connectivity index (χ4v) is 2.20. The highest BCUT2D eigenvalue weighted by Gasteiger charge is 2.28. The molecule has 0 aromatic heterocycles. The Kier molecular flexibility index (Phi) is 4.24. The minimum absolute atomic E-state index is 0.340. The van der Waals surface area contributed by atoms with Crippen molar-refractivity contribution in [2.75, 3.05) is 32.6 Å². The number of primary amides is 1. The van der Waals surface area contributed by atoms with Gasteiger partial charge in [-0.25, -0.2) is 0 Å². The largest absolute Gasteiger partial charge is 0.496 e. The van der Waals surface area contributed by atoms with E-state index < -0.39 is 6.04 Å².